The van der Waals surface area contributed by atoms with Crippen LogP contribution in [0.3, 0.4) is 0 Å². The Hall–Kier alpha value is -1.42. The van der Waals surface area contributed by atoms with Gasteiger partial charge in [-0.1, -0.05) is 19.1 Å². The summed E-state index contributed by atoms with van der Waals surface area (Å²) in [6.45, 7) is 4.01. The molecule has 1 saturated carbocycles. The van der Waals surface area contributed by atoms with Crippen LogP contribution < -0.4 is 5.32 Å². The van der Waals surface area contributed by atoms with Crippen LogP contribution >= 0.6 is 0 Å². The smallest absolute Gasteiger partial charge is 0.330 e. The van der Waals surface area contributed by atoms with Gasteiger partial charge in [0, 0.05) is 6.04 Å². The maximum Gasteiger partial charge on any atom is 0.330 e. The fraction of sp³-hybridized carbons (Fsp3) is 0.533. The summed E-state index contributed by atoms with van der Waals surface area (Å²) in [4.78, 5) is 12.4. The van der Waals surface area contributed by atoms with Crippen molar-refractivity contribution in [1.29, 1.82) is 0 Å². The molecular weight excluding hydrogens is 245 g/mol. The van der Waals surface area contributed by atoms with Gasteiger partial charge in [-0.2, -0.15) is 0 Å². The number of rotatable bonds is 6. The third kappa shape index (κ3) is 2.95. The third-order valence-corrected chi connectivity index (χ3v) is 3.50. The molecule has 104 valence electrons. The van der Waals surface area contributed by atoms with Crippen LogP contribution in [0.2, 0.25) is 0 Å². The summed E-state index contributed by atoms with van der Waals surface area (Å²) in [5.74, 6) is -0.660. The zero-order valence-electron chi connectivity index (χ0n) is 11.4. The van der Waals surface area contributed by atoms with Crippen molar-refractivity contribution in [3.05, 3.63) is 35.6 Å². The molecule has 0 aliphatic heterocycles. The Labute approximate surface area is 113 Å². The Bertz CT molecular complexity index is 459. The molecule has 1 aliphatic carbocycles. The van der Waals surface area contributed by atoms with Gasteiger partial charge >= 0.3 is 5.97 Å². The SMILES string of the molecule is CCOC(=O)C(CC)(NC1CC1)c1cccc(F)c1. The summed E-state index contributed by atoms with van der Waals surface area (Å²) >= 11 is 0. The van der Waals surface area contributed by atoms with Crippen LogP contribution in [0.25, 0.3) is 0 Å². The molecule has 0 bridgehead atoms. The quantitative estimate of drug-likeness (QED) is 0.804. The van der Waals surface area contributed by atoms with Gasteiger partial charge in [0.15, 0.2) is 0 Å². The number of hydrogen-bond acceptors (Lipinski definition) is 3. The summed E-state index contributed by atoms with van der Waals surface area (Å²) in [7, 11) is 0. The molecule has 1 aromatic carbocycles. The van der Waals surface area contributed by atoms with Gasteiger partial charge in [0.2, 0.25) is 0 Å². The summed E-state index contributed by atoms with van der Waals surface area (Å²) in [6.07, 6.45) is 2.64. The van der Waals surface area contributed by atoms with Crippen molar-refractivity contribution in [2.45, 2.75) is 44.7 Å². The minimum absolute atomic E-state index is 0.322. The molecule has 0 heterocycles. The first-order valence-corrected chi connectivity index (χ1v) is 6.83. The van der Waals surface area contributed by atoms with Gasteiger partial charge in [-0.3, -0.25) is 5.32 Å². The molecule has 1 aromatic rings. The van der Waals surface area contributed by atoms with Crippen molar-refractivity contribution in [2.24, 2.45) is 0 Å². The number of esters is 1. The van der Waals surface area contributed by atoms with Crippen molar-refractivity contribution in [2.75, 3.05) is 6.61 Å². The average Bonchev–Trinajstić information content (AvgIpc) is 3.20. The van der Waals surface area contributed by atoms with Gasteiger partial charge in [-0.15, -0.1) is 0 Å². The van der Waals surface area contributed by atoms with E-state index in [1.165, 1.54) is 12.1 Å². The van der Waals surface area contributed by atoms with Crippen molar-refractivity contribution >= 4 is 5.97 Å². The molecule has 0 spiro atoms. The summed E-state index contributed by atoms with van der Waals surface area (Å²) in [6, 6.07) is 6.52. The first kappa shape index (κ1) is 14.0. The number of benzene rings is 1. The highest BCUT2D eigenvalue weighted by molar-refractivity contribution is 5.82. The van der Waals surface area contributed by atoms with Crippen LogP contribution in [0.4, 0.5) is 4.39 Å². The molecule has 2 rings (SSSR count). The number of hydrogen-bond donors (Lipinski definition) is 1. The predicted molar refractivity (Wildman–Crippen MR) is 71.2 cm³/mol. The van der Waals surface area contributed by atoms with E-state index >= 15 is 0 Å². The maximum absolute atomic E-state index is 13.5. The zero-order valence-corrected chi connectivity index (χ0v) is 11.4. The van der Waals surface area contributed by atoms with Crippen LogP contribution in [-0.4, -0.2) is 18.6 Å². The van der Waals surface area contributed by atoms with Crippen molar-refractivity contribution in [3.8, 4) is 0 Å². The first-order valence-electron chi connectivity index (χ1n) is 6.83. The van der Waals surface area contributed by atoms with E-state index in [9.17, 15) is 9.18 Å². The van der Waals surface area contributed by atoms with Crippen LogP contribution in [0.1, 0.15) is 38.7 Å². The van der Waals surface area contributed by atoms with E-state index in [-0.39, 0.29) is 11.8 Å². The van der Waals surface area contributed by atoms with Gasteiger partial charge in [0.1, 0.15) is 11.4 Å². The lowest BCUT2D eigenvalue weighted by Gasteiger charge is -2.32. The molecule has 19 heavy (non-hydrogen) atoms. The Balaban J connectivity index is 2.38. The van der Waals surface area contributed by atoms with E-state index in [0.717, 1.165) is 12.8 Å². The molecule has 0 amide bonds. The number of ether oxygens (including phenoxy) is 1. The fourth-order valence-corrected chi connectivity index (χ4v) is 2.30. The molecule has 1 fully saturated rings. The second-order valence-electron chi connectivity index (χ2n) is 4.91. The summed E-state index contributed by atoms with van der Waals surface area (Å²) < 4.78 is 18.7. The molecular formula is C15H20FNO2. The molecule has 0 radical (unpaired) electrons. The number of halogens is 1. The highest BCUT2D eigenvalue weighted by Crippen LogP contribution is 2.32. The van der Waals surface area contributed by atoms with E-state index in [2.05, 4.69) is 5.32 Å². The molecule has 3 nitrogen and oxygen atoms in total. The van der Waals surface area contributed by atoms with E-state index < -0.39 is 5.54 Å². The van der Waals surface area contributed by atoms with Crippen LogP contribution in [0, 0.1) is 5.82 Å². The molecule has 1 unspecified atom stereocenters. The maximum atomic E-state index is 13.5. The van der Waals surface area contributed by atoms with Crippen LogP contribution in [0.15, 0.2) is 24.3 Å². The third-order valence-electron chi connectivity index (χ3n) is 3.50. The Morgan fingerprint density at radius 1 is 1.47 bits per heavy atom. The lowest BCUT2D eigenvalue weighted by atomic mass is 9.86. The molecule has 0 saturated heterocycles. The van der Waals surface area contributed by atoms with Gasteiger partial charge < -0.3 is 4.74 Å². The van der Waals surface area contributed by atoms with E-state index in [4.69, 9.17) is 4.74 Å². The average molecular weight is 265 g/mol. The Kier molecular flexibility index (Phi) is 4.20. The second-order valence-corrected chi connectivity index (χ2v) is 4.91. The lowest BCUT2D eigenvalue weighted by molar-refractivity contribution is -0.152. The van der Waals surface area contributed by atoms with Crippen molar-refractivity contribution in [3.63, 3.8) is 0 Å². The van der Waals surface area contributed by atoms with Crippen molar-refractivity contribution in [1.82, 2.24) is 5.32 Å². The number of carbonyl (C=O) groups is 1. The predicted octanol–water partition coefficient (Wildman–Crippen LogP) is 2.75. The van der Waals surface area contributed by atoms with E-state index in [0.29, 0.717) is 24.6 Å². The normalized spacial score (nSPS) is 17.8. The number of carbonyl (C=O) groups excluding carboxylic acids is 1. The van der Waals surface area contributed by atoms with Crippen molar-refractivity contribution < 1.29 is 13.9 Å². The topological polar surface area (TPSA) is 38.3 Å². The largest absolute Gasteiger partial charge is 0.464 e. The Morgan fingerprint density at radius 2 is 2.21 bits per heavy atom. The van der Waals surface area contributed by atoms with Crippen LogP contribution in [0.5, 0.6) is 0 Å². The molecule has 0 aromatic heterocycles. The minimum Gasteiger partial charge on any atom is -0.464 e. The van der Waals surface area contributed by atoms with Gasteiger partial charge in [0.25, 0.3) is 0 Å². The highest BCUT2D eigenvalue weighted by Gasteiger charge is 2.44. The molecule has 1 aliphatic rings. The van der Waals surface area contributed by atoms with E-state index in [1.54, 1.807) is 19.1 Å². The zero-order chi connectivity index (χ0) is 13.9. The Morgan fingerprint density at radius 3 is 2.74 bits per heavy atom. The van der Waals surface area contributed by atoms with E-state index in [1.807, 2.05) is 6.92 Å². The number of nitrogens with one attached hydrogen (secondary N) is 1. The highest BCUT2D eigenvalue weighted by atomic mass is 19.1. The molecule has 4 heteroatoms. The van der Waals surface area contributed by atoms with Crippen LogP contribution in [-0.2, 0) is 15.1 Å². The second kappa shape index (κ2) is 5.70. The van der Waals surface area contributed by atoms with Gasteiger partial charge in [0.05, 0.1) is 6.61 Å². The molecule has 1 N–H and O–H groups in total. The summed E-state index contributed by atoms with van der Waals surface area (Å²) in [5, 5.41) is 3.34. The minimum atomic E-state index is -0.931. The van der Waals surface area contributed by atoms with Gasteiger partial charge in [-0.25, -0.2) is 9.18 Å². The summed E-state index contributed by atoms with van der Waals surface area (Å²) in [5.41, 5.74) is -0.292. The van der Waals surface area contributed by atoms with Gasteiger partial charge in [-0.05, 0) is 43.9 Å². The fourth-order valence-electron chi connectivity index (χ4n) is 2.30. The monoisotopic (exact) mass is 265 g/mol. The first-order chi connectivity index (χ1) is 9.12. The lowest BCUT2D eigenvalue weighted by Crippen LogP contribution is -2.50. The molecule has 1 atom stereocenters. The standard InChI is InChI=1S/C15H20FNO2/c1-3-15(14(18)19-4-2,17-13-8-9-13)11-6-5-7-12(16)10-11/h5-7,10,13,17H,3-4,8-9H2,1-2H3.